The van der Waals surface area contributed by atoms with Gasteiger partial charge in [-0.3, -0.25) is 4.79 Å². The predicted octanol–water partition coefficient (Wildman–Crippen LogP) is 1.75. The molecule has 1 heterocycles. The van der Waals surface area contributed by atoms with E-state index in [0.29, 0.717) is 24.3 Å². The van der Waals surface area contributed by atoms with E-state index in [2.05, 4.69) is 17.2 Å². The van der Waals surface area contributed by atoms with E-state index < -0.39 is 6.10 Å². The van der Waals surface area contributed by atoms with Crippen molar-refractivity contribution in [1.82, 2.24) is 9.88 Å². The zero-order valence-electron chi connectivity index (χ0n) is 11.9. The SMILES string of the molecule is CCCNc1ncccc1C(=O)N(C)CCC(C)O. The largest absolute Gasteiger partial charge is 0.393 e. The smallest absolute Gasteiger partial charge is 0.257 e. The molecule has 0 aliphatic rings. The average Bonchev–Trinajstić information content (AvgIpc) is 2.42. The Kier molecular flexibility index (Phi) is 6.29. The van der Waals surface area contributed by atoms with Crippen LogP contribution in [0.1, 0.15) is 37.0 Å². The van der Waals surface area contributed by atoms with Crippen LogP contribution in [0, 0.1) is 0 Å². The number of nitrogens with zero attached hydrogens (tertiary/aromatic N) is 2. The Morgan fingerprint density at radius 2 is 2.32 bits per heavy atom. The molecule has 0 saturated heterocycles. The van der Waals surface area contributed by atoms with Gasteiger partial charge in [0.05, 0.1) is 11.7 Å². The summed E-state index contributed by atoms with van der Waals surface area (Å²) in [6.45, 7) is 5.09. The molecule has 5 nitrogen and oxygen atoms in total. The third-order valence-corrected chi connectivity index (χ3v) is 2.81. The topological polar surface area (TPSA) is 65.5 Å². The van der Waals surface area contributed by atoms with Gasteiger partial charge in [-0.25, -0.2) is 4.98 Å². The summed E-state index contributed by atoms with van der Waals surface area (Å²) in [5.74, 6) is 0.547. The number of hydrogen-bond donors (Lipinski definition) is 2. The molecular weight excluding hydrogens is 242 g/mol. The molecule has 1 amide bonds. The Labute approximate surface area is 114 Å². The van der Waals surface area contributed by atoms with E-state index in [1.165, 1.54) is 0 Å². The van der Waals surface area contributed by atoms with Crippen LogP contribution in [0.2, 0.25) is 0 Å². The van der Waals surface area contributed by atoms with Crippen molar-refractivity contribution < 1.29 is 9.90 Å². The molecule has 106 valence electrons. The molecule has 2 N–H and O–H groups in total. The minimum absolute atomic E-state index is 0.0765. The van der Waals surface area contributed by atoms with Crippen LogP contribution < -0.4 is 5.32 Å². The average molecular weight is 265 g/mol. The fourth-order valence-corrected chi connectivity index (χ4v) is 1.65. The van der Waals surface area contributed by atoms with Crippen LogP contribution in [0.25, 0.3) is 0 Å². The number of aliphatic hydroxyl groups is 1. The highest BCUT2D eigenvalue weighted by Crippen LogP contribution is 2.14. The van der Waals surface area contributed by atoms with E-state index in [0.717, 1.165) is 13.0 Å². The second-order valence-electron chi connectivity index (χ2n) is 4.69. The van der Waals surface area contributed by atoms with Gasteiger partial charge in [0.25, 0.3) is 5.91 Å². The number of pyridine rings is 1. The summed E-state index contributed by atoms with van der Waals surface area (Å²) >= 11 is 0. The van der Waals surface area contributed by atoms with E-state index in [1.54, 1.807) is 37.2 Å². The van der Waals surface area contributed by atoms with Gasteiger partial charge in [0.1, 0.15) is 5.82 Å². The van der Waals surface area contributed by atoms with E-state index >= 15 is 0 Å². The standard InChI is InChI=1S/C14H23N3O2/c1-4-8-15-13-12(6-5-9-16-13)14(19)17(3)10-7-11(2)18/h5-6,9,11,18H,4,7-8,10H2,1-3H3,(H,15,16). The maximum absolute atomic E-state index is 12.3. The van der Waals surface area contributed by atoms with Gasteiger partial charge in [-0.05, 0) is 31.9 Å². The third kappa shape index (κ3) is 4.87. The fraction of sp³-hybridized carbons (Fsp3) is 0.571. The summed E-state index contributed by atoms with van der Waals surface area (Å²) in [4.78, 5) is 18.1. The molecule has 0 bridgehead atoms. The summed E-state index contributed by atoms with van der Waals surface area (Å²) in [7, 11) is 1.74. The van der Waals surface area contributed by atoms with Gasteiger partial charge in [-0.15, -0.1) is 0 Å². The normalized spacial score (nSPS) is 12.0. The second-order valence-corrected chi connectivity index (χ2v) is 4.69. The van der Waals surface area contributed by atoms with Crippen LogP contribution in [0.4, 0.5) is 5.82 Å². The monoisotopic (exact) mass is 265 g/mol. The number of carbonyl (C=O) groups excluding carboxylic acids is 1. The van der Waals surface area contributed by atoms with Crippen LogP contribution in [-0.2, 0) is 0 Å². The highest BCUT2D eigenvalue weighted by molar-refractivity contribution is 5.98. The van der Waals surface area contributed by atoms with Crippen molar-refractivity contribution in [1.29, 1.82) is 0 Å². The third-order valence-electron chi connectivity index (χ3n) is 2.81. The number of amides is 1. The molecule has 0 spiro atoms. The summed E-state index contributed by atoms with van der Waals surface area (Å²) < 4.78 is 0. The Bertz CT molecular complexity index is 407. The van der Waals surface area contributed by atoms with Gasteiger partial charge in [-0.2, -0.15) is 0 Å². The highest BCUT2D eigenvalue weighted by atomic mass is 16.3. The molecule has 0 saturated carbocycles. The molecule has 1 aromatic rings. The fourth-order valence-electron chi connectivity index (χ4n) is 1.65. The predicted molar refractivity (Wildman–Crippen MR) is 76.3 cm³/mol. The number of anilines is 1. The van der Waals surface area contributed by atoms with Crippen LogP contribution in [0.5, 0.6) is 0 Å². The van der Waals surface area contributed by atoms with Crippen LogP contribution in [0.15, 0.2) is 18.3 Å². The van der Waals surface area contributed by atoms with E-state index in [-0.39, 0.29) is 5.91 Å². The number of hydrogen-bond acceptors (Lipinski definition) is 4. The van der Waals surface area contributed by atoms with Crippen LogP contribution in [0.3, 0.4) is 0 Å². The van der Waals surface area contributed by atoms with Crippen molar-refractivity contribution in [2.75, 3.05) is 25.5 Å². The molecule has 5 heteroatoms. The molecule has 0 fully saturated rings. The van der Waals surface area contributed by atoms with E-state index in [4.69, 9.17) is 0 Å². The first-order valence-electron chi connectivity index (χ1n) is 6.68. The lowest BCUT2D eigenvalue weighted by molar-refractivity contribution is 0.0769. The minimum Gasteiger partial charge on any atom is -0.393 e. The highest BCUT2D eigenvalue weighted by Gasteiger charge is 2.16. The maximum Gasteiger partial charge on any atom is 0.257 e. The molecule has 0 aliphatic heterocycles. The van der Waals surface area contributed by atoms with Gasteiger partial charge in [0.15, 0.2) is 0 Å². The molecule has 1 unspecified atom stereocenters. The van der Waals surface area contributed by atoms with Crippen molar-refractivity contribution >= 4 is 11.7 Å². The number of aromatic nitrogens is 1. The zero-order chi connectivity index (χ0) is 14.3. The molecule has 0 aliphatic carbocycles. The first-order chi connectivity index (χ1) is 9.06. The van der Waals surface area contributed by atoms with Crippen molar-refractivity contribution in [3.63, 3.8) is 0 Å². The quantitative estimate of drug-likeness (QED) is 0.788. The molecular formula is C14H23N3O2. The Hall–Kier alpha value is -1.62. The lowest BCUT2D eigenvalue weighted by atomic mass is 10.2. The number of rotatable bonds is 7. The zero-order valence-corrected chi connectivity index (χ0v) is 11.9. The van der Waals surface area contributed by atoms with Crippen molar-refractivity contribution in [2.45, 2.75) is 32.8 Å². The first-order valence-corrected chi connectivity index (χ1v) is 6.68. The van der Waals surface area contributed by atoms with Gasteiger partial charge in [-0.1, -0.05) is 6.92 Å². The lowest BCUT2D eigenvalue weighted by Gasteiger charge is -2.19. The van der Waals surface area contributed by atoms with Crippen molar-refractivity contribution in [3.05, 3.63) is 23.9 Å². The molecule has 0 radical (unpaired) electrons. The number of nitrogens with one attached hydrogen (secondary N) is 1. The summed E-state index contributed by atoms with van der Waals surface area (Å²) in [5.41, 5.74) is 0.573. The van der Waals surface area contributed by atoms with Crippen LogP contribution >= 0.6 is 0 Å². The van der Waals surface area contributed by atoms with Crippen molar-refractivity contribution in [2.24, 2.45) is 0 Å². The first kappa shape index (κ1) is 15.4. The van der Waals surface area contributed by atoms with Crippen LogP contribution in [-0.4, -0.2) is 47.1 Å². The summed E-state index contributed by atoms with van der Waals surface area (Å²) in [6.07, 6.45) is 2.81. The minimum atomic E-state index is -0.401. The molecule has 1 rings (SSSR count). The number of aliphatic hydroxyl groups excluding tert-OH is 1. The van der Waals surface area contributed by atoms with E-state index in [9.17, 15) is 9.90 Å². The Morgan fingerprint density at radius 1 is 1.58 bits per heavy atom. The molecule has 19 heavy (non-hydrogen) atoms. The summed E-state index contributed by atoms with van der Waals surface area (Å²) in [5, 5.41) is 12.4. The van der Waals surface area contributed by atoms with Gasteiger partial charge in [0, 0.05) is 26.3 Å². The Morgan fingerprint density at radius 3 is 2.95 bits per heavy atom. The van der Waals surface area contributed by atoms with E-state index in [1.807, 2.05) is 0 Å². The molecule has 1 atom stereocenters. The lowest BCUT2D eigenvalue weighted by Crippen LogP contribution is -2.30. The molecule has 1 aromatic heterocycles. The molecule has 0 aromatic carbocycles. The van der Waals surface area contributed by atoms with Gasteiger partial charge in [0.2, 0.25) is 0 Å². The summed E-state index contributed by atoms with van der Waals surface area (Å²) in [6, 6.07) is 3.53. The second kappa shape index (κ2) is 7.74. The van der Waals surface area contributed by atoms with Gasteiger partial charge >= 0.3 is 0 Å². The maximum atomic E-state index is 12.3. The Balaban J connectivity index is 2.74. The van der Waals surface area contributed by atoms with Crippen molar-refractivity contribution in [3.8, 4) is 0 Å². The number of carbonyl (C=O) groups is 1. The van der Waals surface area contributed by atoms with Gasteiger partial charge < -0.3 is 15.3 Å².